The Morgan fingerprint density at radius 2 is 2.10 bits per heavy atom. The van der Waals surface area contributed by atoms with E-state index in [0.29, 0.717) is 24.6 Å². The van der Waals surface area contributed by atoms with Crippen LogP contribution in [0.4, 0.5) is 5.69 Å². The van der Waals surface area contributed by atoms with Gasteiger partial charge in [-0.15, -0.1) is 0 Å². The molecule has 0 spiro atoms. The Bertz CT molecular complexity index is 589. The normalized spacial score (nSPS) is 15.5. The van der Waals surface area contributed by atoms with Crippen molar-refractivity contribution >= 4 is 11.6 Å². The van der Waals surface area contributed by atoms with E-state index < -0.39 is 0 Å². The molecule has 5 nitrogen and oxygen atoms in total. The van der Waals surface area contributed by atoms with Crippen molar-refractivity contribution in [1.29, 1.82) is 5.26 Å². The molecule has 5 heteroatoms. The first-order valence-electron chi connectivity index (χ1n) is 7.33. The van der Waals surface area contributed by atoms with Crippen molar-refractivity contribution in [2.24, 2.45) is 5.92 Å². The second kappa shape index (κ2) is 6.13. The van der Waals surface area contributed by atoms with Gasteiger partial charge in [-0.3, -0.25) is 9.78 Å². The fraction of sp³-hybridized carbons (Fsp3) is 0.562. The Hall–Kier alpha value is -2.09. The van der Waals surface area contributed by atoms with Crippen LogP contribution in [0, 0.1) is 31.1 Å². The SMILES string of the molecule is Cc1cc(N2CCN(CC(C)C)C(=O)C2)c(C#N)c(C)n1. The second-order valence-corrected chi connectivity index (χ2v) is 6.01. The van der Waals surface area contributed by atoms with Crippen molar-refractivity contribution < 1.29 is 4.79 Å². The molecule has 0 bridgehead atoms. The molecule has 1 aliphatic rings. The van der Waals surface area contributed by atoms with Crippen LogP contribution in [0.25, 0.3) is 0 Å². The van der Waals surface area contributed by atoms with Crippen molar-refractivity contribution in [3.8, 4) is 6.07 Å². The molecule has 2 heterocycles. The summed E-state index contributed by atoms with van der Waals surface area (Å²) in [7, 11) is 0. The molecular formula is C16H22N4O. The molecule has 21 heavy (non-hydrogen) atoms. The third kappa shape index (κ3) is 3.33. The van der Waals surface area contributed by atoms with E-state index >= 15 is 0 Å². The van der Waals surface area contributed by atoms with Crippen LogP contribution in [0.1, 0.15) is 30.8 Å². The molecule has 0 N–H and O–H groups in total. The van der Waals surface area contributed by atoms with Gasteiger partial charge in [-0.25, -0.2) is 0 Å². The Kier molecular flexibility index (Phi) is 4.46. The molecule has 1 amide bonds. The lowest BCUT2D eigenvalue weighted by molar-refractivity contribution is -0.131. The largest absolute Gasteiger partial charge is 0.359 e. The molecule has 1 fully saturated rings. The highest BCUT2D eigenvalue weighted by Crippen LogP contribution is 2.24. The van der Waals surface area contributed by atoms with E-state index in [2.05, 4.69) is 24.9 Å². The molecule has 2 rings (SSSR count). The number of nitriles is 1. The van der Waals surface area contributed by atoms with Gasteiger partial charge in [0.25, 0.3) is 0 Å². The highest BCUT2D eigenvalue weighted by atomic mass is 16.2. The summed E-state index contributed by atoms with van der Waals surface area (Å²) in [5.74, 6) is 0.603. The van der Waals surface area contributed by atoms with Crippen LogP contribution in [0.15, 0.2) is 6.07 Å². The monoisotopic (exact) mass is 286 g/mol. The topological polar surface area (TPSA) is 60.2 Å². The zero-order valence-corrected chi connectivity index (χ0v) is 13.2. The molecular weight excluding hydrogens is 264 g/mol. The molecule has 1 saturated heterocycles. The number of amides is 1. The van der Waals surface area contributed by atoms with Gasteiger partial charge in [0.1, 0.15) is 6.07 Å². The quantitative estimate of drug-likeness (QED) is 0.851. The Balaban J connectivity index is 2.22. The standard InChI is InChI=1S/C16H22N4O/c1-11(2)9-20-6-5-19(10-16(20)21)15-7-12(3)18-13(4)14(15)8-17/h7,11H,5-6,9-10H2,1-4H3. The van der Waals surface area contributed by atoms with Gasteiger partial charge in [-0.1, -0.05) is 13.8 Å². The first-order chi connectivity index (χ1) is 9.92. The van der Waals surface area contributed by atoms with Crippen molar-refractivity contribution in [1.82, 2.24) is 9.88 Å². The van der Waals surface area contributed by atoms with Gasteiger partial charge < -0.3 is 9.80 Å². The molecule has 0 radical (unpaired) electrons. The van der Waals surface area contributed by atoms with Crippen LogP contribution in [0.3, 0.4) is 0 Å². The summed E-state index contributed by atoms with van der Waals surface area (Å²) in [6.45, 7) is 10.6. The van der Waals surface area contributed by atoms with E-state index in [-0.39, 0.29) is 5.91 Å². The molecule has 112 valence electrons. The zero-order valence-electron chi connectivity index (χ0n) is 13.2. The minimum Gasteiger partial charge on any atom is -0.359 e. The van der Waals surface area contributed by atoms with Gasteiger partial charge in [-0.05, 0) is 25.8 Å². The smallest absolute Gasteiger partial charge is 0.242 e. The number of hydrogen-bond donors (Lipinski definition) is 0. The van der Waals surface area contributed by atoms with E-state index in [1.54, 1.807) is 0 Å². The van der Waals surface area contributed by atoms with Crippen LogP contribution in [-0.2, 0) is 4.79 Å². The predicted molar refractivity (Wildman–Crippen MR) is 82.1 cm³/mol. The molecule has 1 aliphatic heterocycles. The summed E-state index contributed by atoms with van der Waals surface area (Å²) in [6, 6.07) is 4.12. The zero-order chi connectivity index (χ0) is 15.6. The molecule has 1 aromatic heterocycles. The van der Waals surface area contributed by atoms with Gasteiger partial charge in [0.15, 0.2) is 0 Å². The van der Waals surface area contributed by atoms with Crippen LogP contribution in [0.2, 0.25) is 0 Å². The number of hydrogen-bond acceptors (Lipinski definition) is 4. The van der Waals surface area contributed by atoms with Crippen molar-refractivity contribution in [2.45, 2.75) is 27.7 Å². The number of rotatable bonds is 3. The summed E-state index contributed by atoms with van der Waals surface area (Å²) in [5.41, 5.74) is 3.01. The van der Waals surface area contributed by atoms with Gasteiger partial charge in [0.05, 0.1) is 23.5 Å². The van der Waals surface area contributed by atoms with E-state index in [1.807, 2.05) is 29.7 Å². The summed E-state index contributed by atoms with van der Waals surface area (Å²) < 4.78 is 0. The lowest BCUT2D eigenvalue weighted by Gasteiger charge is -2.37. The van der Waals surface area contributed by atoms with Crippen LogP contribution in [-0.4, -0.2) is 42.0 Å². The number of pyridine rings is 1. The molecule has 0 aliphatic carbocycles. The Morgan fingerprint density at radius 1 is 1.38 bits per heavy atom. The van der Waals surface area contributed by atoms with Crippen LogP contribution < -0.4 is 4.90 Å². The summed E-state index contributed by atoms with van der Waals surface area (Å²) >= 11 is 0. The van der Waals surface area contributed by atoms with Crippen molar-refractivity contribution in [2.75, 3.05) is 31.1 Å². The van der Waals surface area contributed by atoms with E-state index in [0.717, 1.165) is 30.2 Å². The van der Waals surface area contributed by atoms with E-state index in [1.165, 1.54) is 0 Å². The summed E-state index contributed by atoms with van der Waals surface area (Å²) in [4.78, 5) is 20.5. The number of carbonyl (C=O) groups is 1. The summed E-state index contributed by atoms with van der Waals surface area (Å²) in [5, 5.41) is 9.35. The number of carbonyl (C=O) groups excluding carboxylic acids is 1. The highest BCUT2D eigenvalue weighted by Gasteiger charge is 2.26. The summed E-state index contributed by atoms with van der Waals surface area (Å²) in [6.07, 6.45) is 0. The highest BCUT2D eigenvalue weighted by molar-refractivity contribution is 5.83. The molecule has 0 unspecified atom stereocenters. The molecule has 0 atom stereocenters. The van der Waals surface area contributed by atoms with Crippen molar-refractivity contribution in [3.05, 3.63) is 23.0 Å². The number of piperazine rings is 1. The van der Waals surface area contributed by atoms with E-state index in [9.17, 15) is 10.1 Å². The maximum Gasteiger partial charge on any atom is 0.242 e. The molecule has 0 aromatic carbocycles. The lowest BCUT2D eigenvalue weighted by Crippen LogP contribution is -2.51. The molecule has 1 aromatic rings. The minimum absolute atomic E-state index is 0.131. The number of nitrogens with zero attached hydrogens (tertiary/aromatic N) is 4. The third-order valence-electron chi connectivity index (χ3n) is 3.66. The maximum atomic E-state index is 12.3. The van der Waals surface area contributed by atoms with Crippen LogP contribution in [0.5, 0.6) is 0 Å². The van der Waals surface area contributed by atoms with Gasteiger partial charge >= 0.3 is 0 Å². The fourth-order valence-electron chi connectivity index (χ4n) is 2.74. The predicted octanol–water partition coefficient (Wildman–Crippen LogP) is 1.87. The van der Waals surface area contributed by atoms with Gasteiger partial charge in [-0.2, -0.15) is 5.26 Å². The van der Waals surface area contributed by atoms with E-state index in [4.69, 9.17) is 0 Å². The average Bonchev–Trinajstić information content (AvgIpc) is 2.40. The van der Waals surface area contributed by atoms with Gasteiger partial charge in [0, 0.05) is 25.3 Å². The fourth-order valence-corrected chi connectivity index (χ4v) is 2.74. The maximum absolute atomic E-state index is 12.3. The third-order valence-corrected chi connectivity index (χ3v) is 3.66. The Morgan fingerprint density at radius 3 is 2.67 bits per heavy atom. The van der Waals surface area contributed by atoms with Crippen LogP contribution >= 0.6 is 0 Å². The second-order valence-electron chi connectivity index (χ2n) is 6.01. The number of aryl methyl sites for hydroxylation is 2. The van der Waals surface area contributed by atoms with Crippen molar-refractivity contribution in [3.63, 3.8) is 0 Å². The van der Waals surface area contributed by atoms with Gasteiger partial charge in [0.2, 0.25) is 5.91 Å². The first-order valence-corrected chi connectivity index (χ1v) is 7.33. The Labute approximate surface area is 126 Å². The molecule has 0 saturated carbocycles. The minimum atomic E-state index is 0.131. The average molecular weight is 286 g/mol. The lowest BCUT2D eigenvalue weighted by atomic mass is 10.1. The number of anilines is 1. The number of aromatic nitrogens is 1. The first kappa shape index (κ1) is 15.3.